The van der Waals surface area contributed by atoms with E-state index in [1.54, 1.807) is 24.3 Å². The summed E-state index contributed by atoms with van der Waals surface area (Å²) in [6.45, 7) is 0.461. The van der Waals surface area contributed by atoms with Crippen LogP contribution in [0.25, 0.3) is 10.9 Å². The number of carboxylic acids is 1. The number of para-hydroxylation sites is 1. The van der Waals surface area contributed by atoms with Crippen LogP contribution in [0, 0.1) is 10.1 Å². The highest BCUT2D eigenvalue weighted by Gasteiger charge is 2.35. The number of hydrogen-bond donors (Lipinski definition) is 1. The average molecular weight is 287 g/mol. The summed E-state index contributed by atoms with van der Waals surface area (Å²) in [6, 6.07) is 7.78. The van der Waals surface area contributed by atoms with Crippen molar-refractivity contribution in [2.24, 2.45) is 0 Å². The average Bonchev–Trinajstić information content (AvgIpc) is 2.95. The van der Waals surface area contributed by atoms with E-state index in [1.807, 2.05) is 0 Å². The van der Waals surface area contributed by atoms with Gasteiger partial charge in [-0.1, -0.05) is 18.2 Å². The Kier molecular flexibility index (Phi) is 3.17. The fraction of sp³-hybridized carbons (Fsp3) is 0.286. The fourth-order valence-electron chi connectivity index (χ4n) is 2.72. The van der Waals surface area contributed by atoms with Crippen LogP contribution in [-0.4, -0.2) is 33.6 Å². The SMILES string of the molecule is O=C(O)[C@H]1CCCN1c1nc2ccccc2cc1[N+](=O)[O-]. The maximum atomic E-state index is 11.3. The number of fused-ring (bicyclic) bond motifs is 1. The molecule has 21 heavy (non-hydrogen) atoms. The molecular formula is C14H13N3O4. The number of aliphatic carboxylic acids is 1. The van der Waals surface area contributed by atoms with E-state index >= 15 is 0 Å². The number of pyridine rings is 1. The number of nitro groups is 1. The molecule has 1 N–H and O–H groups in total. The molecule has 1 atom stereocenters. The Morgan fingerprint density at radius 1 is 1.43 bits per heavy atom. The lowest BCUT2D eigenvalue weighted by Gasteiger charge is -2.22. The van der Waals surface area contributed by atoms with Crippen molar-refractivity contribution in [3.05, 3.63) is 40.4 Å². The van der Waals surface area contributed by atoms with Crippen LogP contribution in [0.15, 0.2) is 30.3 Å². The molecule has 1 aromatic carbocycles. The monoisotopic (exact) mass is 287 g/mol. The van der Waals surface area contributed by atoms with E-state index in [1.165, 1.54) is 11.0 Å². The number of carbonyl (C=O) groups is 1. The van der Waals surface area contributed by atoms with Crippen LogP contribution >= 0.6 is 0 Å². The minimum absolute atomic E-state index is 0.142. The zero-order chi connectivity index (χ0) is 15.0. The Morgan fingerprint density at radius 2 is 2.19 bits per heavy atom. The Balaban J connectivity index is 2.18. The maximum absolute atomic E-state index is 11.3. The maximum Gasteiger partial charge on any atom is 0.326 e. The van der Waals surface area contributed by atoms with Crippen molar-refractivity contribution < 1.29 is 14.8 Å². The zero-order valence-corrected chi connectivity index (χ0v) is 11.1. The predicted octanol–water partition coefficient (Wildman–Crippen LogP) is 2.20. The number of nitrogens with zero attached hydrogens (tertiary/aromatic N) is 3. The fourth-order valence-corrected chi connectivity index (χ4v) is 2.72. The van der Waals surface area contributed by atoms with E-state index in [0.29, 0.717) is 30.3 Å². The summed E-state index contributed by atoms with van der Waals surface area (Å²) < 4.78 is 0. The molecule has 1 aliphatic rings. The van der Waals surface area contributed by atoms with Crippen molar-refractivity contribution in [1.29, 1.82) is 0 Å². The molecule has 1 aliphatic heterocycles. The largest absolute Gasteiger partial charge is 0.480 e. The van der Waals surface area contributed by atoms with Gasteiger partial charge in [0.15, 0.2) is 0 Å². The Labute approximate surface area is 120 Å². The highest BCUT2D eigenvalue weighted by Crippen LogP contribution is 2.34. The van der Waals surface area contributed by atoms with Gasteiger partial charge in [0.1, 0.15) is 6.04 Å². The topological polar surface area (TPSA) is 96.6 Å². The third-order valence-electron chi connectivity index (χ3n) is 3.69. The van der Waals surface area contributed by atoms with Gasteiger partial charge in [-0.05, 0) is 18.9 Å². The van der Waals surface area contributed by atoms with Gasteiger partial charge >= 0.3 is 11.7 Å². The van der Waals surface area contributed by atoms with Crippen molar-refractivity contribution in [2.75, 3.05) is 11.4 Å². The molecule has 1 fully saturated rings. The molecule has 0 radical (unpaired) electrons. The van der Waals surface area contributed by atoms with Crippen molar-refractivity contribution in [1.82, 2.24) is 4.98 Å². The summed E-state index contributed by atoms with van der Waals surface area (Å²) in [7, 11) is 0. The molecule has 0 spiro atoms. The van der Waals surface area contributed by atoms with E-state index in [-0.39, 0.29) is 11.5 Å². The van der Waals surface area contributed by atoms with Crippen LogP contribution < -0.4 is 4.90 Å². The van der Waals surface area contributed by atoms with Crippen LogP contribution in [0.4, 0.5) is 11.5 Å². The zero-order valence-electron chi connectivity index (χ0n) is 11.1. The first-order chi connectivity index (χ1) is 10.1. The summed E-state index contributed by atoms with van der Waals surface area (Å²) in [5, 5.41) is 21.2. The van der Waals surface area contributed by atoms with E-state index in [2.05, 4.69) is 4.98 Å². The number of benzene rings is 1. The molecule has 1 aromatic heterocycles. The lowest BCUT2D eigenvalue weighted by atomic mass is 10.2. The standard InChI is InChI=1S/C14H13N3O4/c18-14(19)11-6-3-7-16(11)13-12(17(20)21)8-9-4-1-2-5-10(9)15-13/h1-2,4-5,8,11H,3,6-7H2,(H,18,19)/t11-/m1/s1. The van der Waals surface area contributed by atoms with E-state index in [4.69, 9.17) is 0 Å². The first-order valence-electron chi connectivity index (χ1n) is 6.61. The number of carboxylic acid groups (broad SMARTS) is 1. The smallest absolute Gasteiger partial charge is 0.326 e. The predicted molar refractivity (Wildman–Crippen MR) is 76.4 cm³/mol. The van der Waals surface area contributed by atoms with Gasteiger partial charge in [-0.25, -0.2) is 9.78 Å². The Morgan fingerprint density at radius 3 is 2.90 bits per heavy atom. The van der Waals surface area contributed by atoms with E-state index < -0.39 is 16.9 Å². The third kappa shape index (κ3) is 2.26. The second-order valence-corrected chi connectivity index (χ2v) is 4.97. The van der Waals surface area contributed by atoms with Gasteiger partial charge in [0, 0.05) is 18.0 Å². The molecule has 2 heterocycles. The number of hydrogen-bond acceptors (Lipinski definition) is 5. The summed E-state index contributed by atoms with van der Waals surface area (Å²) in [4.78, 5) is 27.9. The Bertz CT molecular complexity index is 731. The van der Waals surface area contributed by atoms with Crippen LogP contribution in [-0.2, 0) is 4.79 Å². The van der Waals surface area contributed by atoms with Gasteiger partial charge < -0.3 is 10.0 Å². The number of anilines is 1. The van der Waals surface area contributed by atoms with Crippen molar-refractivity contribution >= 4 is 28.4 Å². The molecule has 2 aromatic rings. The molecular weight excluding hydrogens is 274 g/mol. The molecule has 7 nitrogen and oxygen atoms in total. The molecule has 0 unspecified atom stereocenters. The molecule has 0 bridgehead atoms. The first kappa shape index (κ1) is 13.3. The van der Waals surface area contributed by atoms with Gasteiger partial charge in [-0.3, -0.25) is 10.1 Å². The number of rotatable bonds is 3. The highest BCUT2D eigenvalue weighted by molar-refractivity contribution is 5.87. The van der Waals surface area contributed by atoms with E-state index in [0.717, 1.165) is 0 Å². The normalized spacial score (nSPS) is 18.1. The quantitative estimate of drug-likeness (QED) is 0.686. The minimum atomic E-state index is -0.975. The van der Waals surface area contributed by atoms with Crippen LogP contribution in [0.2, 0.25) is 0 Å². The highest BCUT2D eigenvalue weighted by atomic mass is 16.6. The van der Waals surface area contributed by atoms with E-state index in [9.17, 15) is 20.0 Å². The molecule has 3 rings (SSSR count). The van der Waals surface area contributed by atoms with Crippen LogP contribution in [0.1, 0.15) is 12.8 Å². The first-order valence-corrected chi connectivity index (χ1v) is 6.61. The van der Waals surface area contributed by atoms with Crippen LogP contribution in [0.5, 0.6) is 0 Å². The lowest BCUT2D eigenvalue weighted by molar-refractivity contribution is -0.384. The molecule has 0 amide bonds. The summed E-state index contributed by atoms with van der Waals surface area (Å²) in [5.74, 6) is -0.833. The molecule has 108 valence electrons. The van der Waals surface area contributed by atoms with Gasteiger partial charge in [0.25, 0.3) is 0 Å². The molecule has 0 aliphatic carbocycles. The van der Waals surface area contributed by atoms with Crippen molar-refractivity contribution in [3.8, 4) is 0 Å². The van der Waals surface area contributed by atoms with Gasteiger partial charge in [-0.15, -0.1) is 0 Å². The molecule has 1 saturated heterocycles. The van der Waals surface area contributed by atoms with Gasteiger partial charge in [-0.2, -0.15) is 0 Å². The summed E-state index contributed by atoms with van der Waals surface area (Å²) in [6.07, 6.45) is 1.16. The van der Waals surface area contributed by atoms with Gasteiger partial charge in [0.05, 0.1) is 10.4 Å². The Hall–Kier alpha value is -2.70. The molecule has 7 heteroatoms. The summed E-state index contributed by atoms with van der Waals surface area (Å²) >= 11 is 0. The lowest BCUT2D eigenvalue weighted by Crippen LogP contribution is -2.36. The van der Waals surface area contributed by atoms with Gasteiger partial charge in [0.2, 0.25) is 5.82 Å². The van der Waals surface area contributed by atoms with Crippen LogP contribution in [0.3, 0.4) is 0 Å². The molecule has 0 saturated carbocycles. The second-order valence-electron chi connectivity index (χ2n) is 4.97. The third-order valence-corrected chi connectivity index (χ3v) is 3.69. The van der Waals surface area contributed by atoms with Crippen molar-refractivity contribution in [3.63, 3.8) is 0 Å². The van der Waals surface area contributed by atoms with Crippen molar-refractivity contribution in [2.45, 2.75) is 18.9 Å². The minimum Gasteiger partial charge on any atom is -0.480 e. The second kappa shape index (κ2) is 5.01. The summed E-state index contributed by atoms with van der Waals surface area (Å²) in [5.41, 5.74) is 0.469. The number of aromatic nitrogens is 1.